The van der Waals surface area contributed by atoms with E-state index in [1.54, 1.807) is 19.0 Å². The SMILES string of the molecule is CN(C)C(N)=NC(C=O)c1ccccc1. The zero-order chi connectivity index (χ0) is 11.3. The molecule has 4 heteroatoms. The number of guanidine groups is 1. The molecule has 1 aromatic carbocycles. The number of nitrogens with two attached hydrogens (primary N) is 1. The number of carbonyl (C=O) groups is 1. The van der Waals surface area contributed by atoms with Gasteiger partial charge in [-0.1, -0.05) is 30.3 Å². The van der Waals surface area contributed by atoms with Gasteiger partial charge >= 0.3 is 0 Å². The van der Waals surface area contributed by atoms with Crippen molar-refractivity contribution in [3.05, 3.63) is 35.9 Å². The van der Waals surface area contributed by atoms with Gasteiger partial charge in [0.25, 0.3) is 0 Å². The molecule has 1 rings (SSSR count). The topological polar surface area (TPSA) is 58.7 Å². The van der Waals surface area contributed by atoms with Crippen LogP contribution in [0.15, 0.2) is 35.3 Å². The minimum atomic E-state index is -0.520. The number of nitrogens with zero attached hydrogens (tertiary/aromatic N) is 2. The van der Waals surface area contributed by atoms with E-state index in [2.05, 4.69) is 4.99 Å². The van der Waals surface area contributed by atoms with Crippen molar-refractivity contribution in [2.75, 3.05) is 14.1 Å². The Morgan fingerprint density at radius 1 is 1.40 bits per heavy atom. The summed E-state index contributed by atoms with van der Waals surface area (Å²) in [7, 11) is 3.57. The molecule has 0 radical (unpaired) electrons. The molecule has 0 spiro atoms. The molecular formula is C11H15N3O. The second-order valence-electron chi connectivity index (χ2n) is 3.37. The lowest BCUT2D eigenvalue weighted by atomic mass is 10.1. The number of rotatable bonds is 3. The van der Waals surface area contributed by atoms with E-state index >= 15 is 0 Å². The van der Waals surface area contributed by atoms with Crippen LogP contribution in [-0.2, 0) is 4.79 Å². The van der Waals surface area contributed by atoms with Gasteiger partial charge in [-0.25, -0.2) is 4.99 Å². The Bertz CT molecular complexity index is 346. The lowest BCUT2D eigenvalue weighted by Crippen LogP contribution is -2.31. The van der Waals surface area contributed by atoms with Crippen LogP contribution in [0.2, 0.25) is 0 Å². The maximum Gasteiger partial charge on any atom is 0.191 e. The van der Waals surface area contributed by atoms with Crippen LogP contribution < -0.4 is 5.73 Å². The standard InChI is InChI=1S/C11H15N3O/c1-14(2)11(12)13-10(8-15)9-6-4-3-5-7-9/h3-8,10H,1-2H3,(H2,12,13). The average molecular weight is 205 g/mol. The molecule has 0 aromatic heterocycles. The van der Waals surface area contributed by atoms with Crippen LogP contribution in [0.4, 0.5) is 0 Å². The monoisotopic (exact) mass is 205 g/mol. The van der Waals surface area contributed by atoms with Crippen molar-refractivity contribution >= 4 is 12.2 Å². The Morgan fingerprint density at radius 3 is 2.47 bits per heavy atom. The molecule has 1 aromatic rings. The molecule has 0 amide bonds. The Kier molecular flexibility index (Phi) is 3.85. The van der Waals surface area contributed by atoms with E-state index in [9.17, 15) is 4.79 Å². The second-order valence-corrected chi connectivity index (χ2v) is 3.37. The normalized spacial score (nSPS) is 13.3. The van der Waals surface area contributed by atoms with E-state index in [0.29, 0.717) is 5.96 Å². The molecule has 4 nitrogen and oxygen atoms in total. The van der Waals surface area contributed by atoms with Crippen molar-refractivity contribution < 1.29 is 4.79 Å². The van der Waals surface area contributed by atoms with Gasteiger partial charge in [-0.2, -0.15) is 0 Å². The Labute approximate surface area is 89.4 Å². The molecule has 0 aliphatic carbocycles. The summed E-state index contributed by atoms with van der Waals surface area (Å²) in [4.78, 5) is 16.7. The Morgan fingerprint density at radius 2 is 2.00 bits per heavy atom. The summed E-state index contributed by atoms with van der Waals surface area (Å²) in [5.41, 5.74) is 6.49. The Balaban J connectivity index is 2.91. The predicted molar refractivity (Wildman–Crippen MR) is 60.6 cm³/mol. The first-order valence-corrected chi connectivity index (χ1v) is 4.66. The highest BCUT2D eigenvalue weighted by molar-refractivity contribution is 5.80. The summed E-state index contributed by atoms with van der Waals surface area (Å²) in [6.07, 6.45) is 0.783. The molecule has 0 saturated carbocycles. The summed E-state index contributed by atoms with van der Waals surface area (Å²) < 4.78 is 0. The summed E-state index contributed by atoms with van der Waals surface area (Å²) in [6.45, 7) is 0. The van der Waals surface area contributed by atoms with Crippen LogP contribution in [0.5, 0.6) is 0 Å². The largest absolute Gasteiger partial charge is 0.370 e. The van der Waals surface area contributed by atoms with Crippen LogP contribution in [-0.4, -0.2) is 31.2 Å². The van der Waals surface area contributed by atoms with Gasteiger partial charge in [0.2, 0.25) is 0 Å². The van der Waals surface area contributed by atoms with Crippen LogP contribution in [0.1, 0.15) is 11.6 Å². The smallest absolute Gasteiger partial charge is 0.191 e. The maximum absolute atomic E-state index is 10.9. The van der Waals surface area contributed by atoms with Gasteiger partial charge in [-0.3, -0.25) is 0 Å². The van der Waals surface area contributed by atoms with Crippen molar-refractivity contribution in [3.8, 4) is 0 Å². The fourth-order valence-electron chi connectivity index (χ4n) is 1.09. The molecule has 0 aliphatic heterocycles. The third-order valence-corrected chi connectivity index (χ3v) is 2.00. The quantitative estimate of drug-likeness (QED) is 0.451. The zero-order valence-corrected chi connectivity index (χ0v) is 8.92. The first-order chi connectivity index (χ1) is 7.15. The first-order valence-electron chi connectivity index (χ1n) is 4.66. The van der Waals surface area contributed by atoms with Gasteiger partial charge in [-0.15, -0.1) is 0 Å². The molecule has 1 atom stereocenters. The predicted octanol–water partition coefficient (Wildman–Crippen LogP) is 0.803. The lowest BCUT2D eigenvalue weighted by molar-refractivity contribution is -0.108. The fourth-order valence-corrected chi connectivity index (χ4v) is 1.09. The van der Waals surface area contributed by atoms with E-state index in [4.69, 9.17) is 5.73 Å². The van der Waals surface area contributed by atoms with Gasteiger partial charge < -0.3 is 15.4 Å². The molecule has 0 aliphatic rings. The maximum atomic E-state index is 10.9. The third kappa shape index (κ3) is 3.09. The van der Waals surface area contributed by atoms with Crippen molar-refractivity contribution in [2.24, 2.45) is 10.7 Å². The van der Waals surface area contributed by atoms with Crippen molar-refractivity contribution in [1.82, 2.24) is 4.90 Å². The number of benzene rings is 1. The molecule has 0 heterocycles. The number of aldehydes is 1. The fraction of sp³-hybridized carbons (Fsp3) is 0.273. The number of hydrogen-bond donors (Lipinski definition) is 1. The van der Waals surface area contributed by atoms with Gasteiger partial charge in [0.15, 0.2) is 5.96 Å². The Hall–Kier alpha value is -1.84. The van der Waals surface area contributed by atoms with Crippen molar-refractivity contribution in [2.45, 2.75) is 6.04 Å². The number of aliphatic imine (C=N–C) groups is 1. The van der Waals surface area contributed by atoms with Gasteiger partial charge in [0.1, 0.15) is 12.3 Å². The summed E-state index contributed by atoms with van der Waals surface area (Å²) in [6, 6.07) is 8.82. The van der Waals surface area contributed by atoms with E-state index in [1.807, 2.05) is 30.3 Å². The molecule has 0 saturated heterocycles. The van der Waals surface area contributed by atoms with Crippen molar-refractivity contribution in [1.29, 1.82) is 0 Å². The van der Waals surface area contributed by atoms with E-state index < -0.39 is 6.04 Å². The van der Waals surface area contributed by atoms with Crippen LogP contribution in [0.3, 0.4) is 0 Å². The molecule has 0 bridgehead atoms. The molecule has 80 valence electrons. The van der Waals surface area contributed by atoms with Crippen LogP contribution in [0, 0.1) is 0 Å². The zero-order valence-electron chi connectivity index (χ0n) is 8.92. The van der Waals surface area contributed by atoms with Gasteiger partial charge in [0.05, 0.1) is 0 Å². The number of carbonyl (C=O) groups excluding carboxylic acids is 1. The molecular weight excluding hydrogens is 190 g/mol. The van der Waals surface area contributed by atoms with E-state index in [-0.39, 0.29) is 0 Å². The molecule has 1 unspecified atom stereocenters. The highest BCUT2D eigenvalue weighted by Gasteiger charge is 2.08. The van der Waals surface area contributed by atoms with Crippen LogP contribution >= 0.6 is 0 Å². The van der Waals surface area contributed by atoms with Crippen LogP contribution in [0.25, 0.3) is 0 Å². The highest BCUT2D eigenvalue weighted by Crippen LogP contribution is 2.14. The minimum Gasteiger partial charge on any atom is -0.370 e. The third-order valence-electron chi connectivity index (χ3n) is 2.00. The van der Waals surface area contributed by atoms with E-state index in [0.717, 1.165) is 11.8 Å². The summed E-state index contributed by atoms with van der Waals surface area (Å²) in [5.74, 6) is 0.343. The average Bonchev–Trinajstić information content (AvgIpc) is 2.26. The van der Waals surface area contributed by atoms with Gasteiger partial charge in [-0.05, 0) is 5.56 Å². The van der Waals surface area contributed by atoms with E-state index in [1.165, 1.54) is 0 Å². The summed E-state index contributed by atoms with van der Waals surface area (Å²) in [5, 5.41) is 0. The van der Waals surface area contributed by atoms with Gasteiger partial charge in [0, 0.05) is 14.1 Å². The van der Waals surface area contributed by atoms with Crippen molar-refractivity contribution in [3.63, 3.8) is 0 Å². The minimum absolute atomic E-state index is 0.343. The lowest BCUT2D eigenvalue weighted by Gasteiger charge is -2.13. The summed E-state index contributed by atoms with van der Waals surface area (Å²) >= 11 is 0. The molecule has 2 N–H and O–H groups in total. The molecule has 0 fully saturated rings. The highest BCUT2D eigenvalue weighted by atomic mass is 16.1. The first kappa shape index (κ1) is 11.2. The molecule has 15 heavy (non-hydrogen) atoms. The second kappa shape index (κ2) is 5.14. The number of hydrogen-bond acceptors (Lipinski definition) is 2.